The van der Waals surface area contributed by atoms with Gasteiger partial charge in [-0.15, -0.1) is 0 Å². The lowest BCUT2D eigenvalue weighted by atomic mass is 9.96. The highest BCUT2D eigenvalue weighted by Crippen LogP contribution is 2.32. The summed E-state index contributed by atoms with van der Waals surface area (Å²) in [5.41, 5.74) is 5.24. The molecule has 1 saturated carbocycles. The van der Waals surface area contributed by atoms with Crippen molar-refractivity contribution >= 4 is 5.97 Å². The van der Waals surface area contributed by atoms with Crippen LogP contribution >= 0.6 is 0 Å². The predicted molar refractivity (Wildman–Crippen MR) is 55.7 cm³/mol. The fourth-order valence-corrected chi connectivity index (χ4v) is 2.01. The van der Waals surface area contributed by atoms with Crippen molar-refractivity contribution < 1.29 is 9.53 Å². The molecule has 0 heterocycles. The van der Waals surface area contributed by atoms with Gasteiger partial charge in [-0.3, -0.25) is 4.79 Å². The van der Waals surface area contributed by atoms with E-state index in [1.807, 2.05) is 20.8 Å². The Kier molecular flexibility index (Phi) is 3.53. The first-order valence-corrected chi connectivity index (χ1v) is 5.37. The first-order valence-electron chi connectivity index (χ1n) is 5.37. The van der Waals surface area contributed by atoms with Crippen LogP contribution < -0.4 is 5.73 Å². The average molecular weight is 199 g/mol. The van der Waals surface area contributed by atoms with Gasteiger partial charge in [0.1, 0.15) is 5.60 Å². The quantitative estimate of drug-likeness (QED) is 0.689. The minimum atomic E-state index is -0.376. The van der Waals surface area contributed by atoms with Crippen LogP contribution in [0.3, 0.4) is 0 Å². The third kappa shape index (κ3) is 2.98. The second kappa shape index (κ2) is 4.30. The number of rotatable bonds is 2. The van der Waals surface area contributed by atoms with Gasteiger partial charge in [0, 0.05) is 0 Å². The van der Waals surface area contributed by atoms with Gasteiger partial charge in [-0.2, -0.15) is 0 Å². The molecule has 0 unspecified atom stereocenters. The van der Waals surface area contributed by atoms with E-state index in [0.29, 0.717) is 12.5 Å². The molecule has 1 aliphatic carbocycles. The topological polar surface area (TPSA) is 52.3 Å². The van der Waals surface area contributed by atoms with Crippen LogP contribution in [0.1, 0.15) is 40.0 Å². The van der Waals surface area contributed by atoms with E-state index in [9.17, 15) is 4.79 Å². The summed E-state index contributed by atoms with van der Waals surface area (Å²) in [6, 6.07) is 0. The highest BCUT2D eigenvalue weighted by atomic mass is 16.6. The second-order valence-electron chi connectivity index (χ2n) is 5.07. The van der Waals surface area contributed by atoms with E-state index in [1.54, 1.807) is 0 Å². The lowest BCUT2D eigenvalue weighted by Crippen LogP contribution is -2.32. The number of hydrogen-bond acceptors (Lipinski definition) is 3. The Hall–Kier alpha value is -0.570. The van der Waals surface area contributed by atoms with E-state index >= 15 is 0 Å². The van der Waals surface area contributed by atoms with Gasteiger partial charge >= 0.3 is 5.97 Å². The zero-order valence-corrected chi connectivity index (χ0v) is 9.38. The molecule has 0 bridgehead atoms. The van der Waals surface area contributed by atoms with Crippen LogP contribution in [0.2, 0.25) is 0 Å². The minimum Gasteiger partial charge on any atom is -0.460 e. The maximum atomic E-state index is 11.8. The molecule has 0 radical (unpaired) electrons. The van der Waals surface area contributed by atoms with E-state index in [2.05, 4.69) is 0 Å². The monoisotopic (exact) mass is 199 g/mol. The molecule has 1 rings (SSSR count). The smallest absolute Gasteiger partial charge is 0.309 e. The predicted octanol–water partition coefficient (Wildman–Crippen LogP) is 1.70. The van der Waals surface area contributed by atoms with E-state index in [4.69, 9.17) is 10.5 Å². The summed E-state index contributed by atoms with van der Waals surface area (Å²) in [5, 5.41) is 0. The normalized spacial score (nSPS) is 27.7. The molecule has 0 aliphatic heterocycles. The summed E-state index contributed by atoms with van der Waals surface area (Å²) in [5.74, 6) is 0.314. The molecule has 3 heteroatoms. The van der Waals surface area contributed by atoms with Gasteiger partial charge in [-0.25, -0.2) is 0 Å². The molecule has 2 atom stereocenters. The van der Waals surface area contributed by atoms with Gasteiger partial charge in [-0.1, -0.05) is 6.42 Å². The lowest BCUT2D eigenvalue weighted by Gasteiger charge is -2.24. The number of esters is 1. The number of hydrogen-bond donors (Lipinski definition) is 1. The van der Waals surface area contributed by atoms with E-state index in [0.717, 1.165) is 19.3 Å². The van der Waals surface area contributed by atoms with Gasteiger partial charge in [0.15, 0.2) is 0 Å². The van der Waals surface area contributed by atoms with Crippen LogP contribution in [0, 0.1) is 11.8 Å². The number of ether oxygens (including phenoxy) is 1. The zero-order valence-electron chi connectivity index (χ0n) is 9.38. The van der Waals surface area contributed by atoms with Crippen LogP contribution in [-0.4, -0.2) is 18.1 Å². The average Bonchev–Trinajstić information content (AvgIpc) is 2.47. The first kappa shape index (κ1) is 11.5. The van der Waals surface area contributed by atoms with Crippen molar-refractivity contribution in [2.75, 3.05) is 6.54 Å². The molecule has 0 amide bonds. The Labute approximate surface area is 86.0 Å². The molecule has 0 spiro atoms. The molecule has 82 valence electrons. The van der Waals surface area contributed by atoms with E-state index in [1.165, 1.54) is 0 Å². The van der Waals surface area contributed by atoms with Crippen molar-refractivity contribution in [1.82, 2.24) is 0 Å². The fraction of sp³-hybridized carbons (Fsp3) is 0.909. The Morgan fingerprint density at radius 1 is 1.43 bits per heavy atom. The van der Waals surface area contributed by atoms with Crippen LogP contribution in [0.25, 0.3) is 0 Å². The summed E-state index contributed by atoms with van der Waals surface area (Å²) >= 11 is 0. The lowest BCUT2D eigenvalue weighted by molar-refractivity contribution is -0.161. The summed E-state index contributed by atoms with van der Waals surface area (Å²) in [6.07, 6.45) is 3.11. The second-order valence-corrected chi connectivity index (χ2v) is 5.07. The summed E-state index contributed by atoms with van der Waals surface area (Å²) in [6.45, 7) is 6.30. The zero-order chi connectivity index (χ0) is 10.8. The number of nitrogens with two attached hydrogens (primary N) is 1. The van der Waals surface area contributed by atoms with Gasteiger partial charge in [-0.05, 0) is 46.1 Å². The highest BCUT2D eigenvalue weighted by Gasteiger charge is 2.34. The van der Waals surface area contributed by atoms with Crippen molar-refractivity contribution in [3.05, 3.63) is 0 Å². The Balaban J connectivity index is 2.52. The van der Waals surface area contributed by atoms with Crippen molar-refractivity contribution in [2.24, 2.45) is 17.6 Å². The SMILES string of the molecule is CC(C)(C)OC(=O)[C@H]1CCC[C@@H]1CN. The van der Waals surface area contributed by atoms with Crippen molar-refractivity contribution in [3.8, 4) is 0 Å². The van der Waals surface area contributed by atoms with Crippen molar-refractivity contribution in [3.63, 3.8) is 0 Å². The third-order valence-electron chi connectivity index (χ3n) is 2.67. The Bertz CT molecular complexity index is 208. The molecule has 1 aliphatic rings. The maximum absolute atomic E-state index is 11.8. The van der Waals surface area contributed by atoms with Crippen LogP contribution in [0.5, 0.6) is 0 Å². The van der Waals surface area contributed by atoms with Crippen LogP contribution in [0.15, 0.2) is 0 Å². The molecule has 14 heavy (non-hydrogen) atoms. The summed E-state index contributed by atoms with van der Waals surface area (Å²) in [4.78, 5) is 11.8. The van der Waals surface area contributed by atoms with Gasteiger partial charge < -0.3 is 10.5 Å². The minimum absolute atomic E-state index is 0.0409. The van der Waals surface area contributed by atoms with Gasteiger partial charge in [0.05, 0.1) is 5.92 Å². The number of carbonyl (C=O) groups excluding carboxylic acids is 1. The molecule has 3 nitrogen and oxygen atoms in total. The van der Waals surface area contributed by atoms with E-state index < -0.39 is 0 Å². The molecule has 0 aromatic heterocycles. The highest BCUT2D eigenvalue weighted by molar-refractivity contribution is 5.73. The van der Waals surface area contributed by atoms with Crippen molar-refractivity contribution in [2.45, 2.75) is 45.6 Å². The molecule has 0 aromatic rings. The van der Waals surface area contributed by atoms with Gasteiger partial charge in [0.2, 0.25) is 0 Å². The molecular formula is C11H21NO2. The molecule has 1 fully saturated rings. The van der Waals surface area contributed by atoms with Crippen LogP contribution in [0.4, 0.5) is 0 Å². The Morgan fingerprint density at radius 3 is 2.57 bits per heavy atom. The largest absolute Gasteiger partial charge is 0.460 e. The fourth-order valence-electron chi connectivity index (χ4n) is 2.01. The summed E-state index contributed by atoms with van der Waals surface area (Å²) in [7, 11) is 0. The third-order valence-corrected chi connectivity index (χ3v) is 2.67. The maximum Gasteiger partial charge on any atom is 0.309 e. The Morgan fingerprint density at radius 2 is 2.07 bits per heavy atom. The first-order chi connectivity index (χ1) is 6.44. The molecular weight excluding hydrogens is 178 g/mol. The van der Waals surface area contributed by atoms with Crippen molar-refractivity contribution in [1.29, 1.82) is 0 Å². The number of carbonyl (C=O) groups is 1. The molecule has 0 aromatic carbocycles. The van der Waals surface area contributed by atoms with Gasteiger partial charge in [0.25, 0.3) is 0 Å². The summed E-state index contributed by atoms with van der Waals surface area (Å²) < 4.78 is 5.36. The van der Waals surface area contributed by atoms with E-state index in [-0.39, 0.29) is 17.5 Å². The van der Waals surface area contributed by atoms with Crippen LogP contribution in [-0.2, 0) is 9.53 Å². The standard InChI is InChI=1S/C11H21NO2/c1-11(2,3)14-10(13)9-6-4-5-8(9)7-12/h8-9H,4-7,12H2,1-3H3/t8-,9+/m1/s1. The molecule has 0 saturated heterocycles. The molecule has 2 N–H and O–H groups in total.